The van der Waals surface area contributed by atoms with Crippen molar-refractivity contribution in [3.05, 3.63) is 96.8 Å². The molecule has 0 radical (unpaired) electrons. The normalized spacial score (nSPS) is 10.5. The average Bonchev–Trinajstić information content (AvgIpc) is 2.77. The van der Waals surface area contributed by atoms with Gasteiger partial charge in [0.25, 0.3) is 0 Å². The van der Waals surface area contributed by atoms with E-state index >= 15 is 4.39 Å². The van der Waals surface area contributed by atoms with Crippen molar-refractivity contribution in [2.24, 2.45) is 0 Å². The molecular weight excluding hydrogens is 351 g/mol. The fraction of sp³-hybridized carbons (Fsp3) is 0.0417. The number of ether oxygens (including phenoxy) is 1. The van der Waals surface area contributed by atoms with Gasteiger partial charge in [0.05, 0.1) is 18.5 Å². The highest BCUT2D eigenvalue weighted by atomic mass is 19.1. The fourth-order valence-corrected chi connectivity index (χ4v) is 2.99. The maximum Gasteiger partial charge on any atom is 0.172 e. The molecule has 0 amide bonds. The summed E-state index contributed by atoms with van der Waals surface area (Å²) in [6.45, 7) is 0. The van der Waals surface area contributed by atoms with Crippen LogP contribution in [0.4, 0.5) is 15.8 Å². The summed E-state index contributed by atoms with van der Waals surface area (Å²) in [6, 6.07) is 28.2. The van der Waals surface area contributed by atoms with Crippen LogP contribution in [0.5, 0.6) is 5.75 Å². The van der Waals surface area contributed by atoms with Crippen molar-refractivity contribution in [2.45, 2.75) is 0 Å². The van der Waals surface area contributed by atoms with Crippen molar-refractivity contribution in [2.75, 3.05) is 12.4 Å². The molecule has 1 heterocycles. The lowest BCUT2D eigenvalue weighted by molar-refractivity contribution is 0.415. The summed E-state index contributed by atoms with van der Waals surface area (Å²) >= 11 is 0. The summed E-state index contributed by atoms with van der Waals surface area (Å²) in [7, 11) is 1.61. The number of hydrogen-bond acceptors (Lipinski definition) is 3. The van der Waals surface area contributed by atoms with Gasteiger partial charge >= 0.3 is 0 Å². The van der Waals surface area contributed by atoms with Crippen molar-refractivity contribution < 1.29 is 9.13 Å². The fourth-order valence-electron chi connectivity index (χ4n) is 2.99. The largest absolute Gasteiger partial charge is 0.497 e. The molecule has 0 spiro atoms. The van der Waals surface area contributed by atoms with Gasteiger partial charge in [-0.05, 0) is 30.3 Å². The molecule has 0 aliphatic heterocycles. The van der Waals surface area contributed by atoms with Gasteiger partial charge in [0.1, 0.15) is 11.4 Å². The van der Waals surface area contributed by atoms with E-state index in [1.165, 1.54) is 0 Å². The highest BCUT2D eigenvalue weighted by molar-refractivity contribution is 5.75. The number of rotatable bonds is 5. The minimum absolute atomic E-state index is 0.318. The van der Waals surface area contributed by atoms with Crippen LogP contribution in [0, 0.1) is 5.82 Å². The molecule has 28 heavy (non-hydrogen) atoms. The van der Waals surface area contributed by atoms with Gasteiger partial charge in [0.2, 0.25) is 0 Å². The maximum atomic E-state index is 15.3. The van der Waals surface area contributed by atoms with Gasteiger partial charge in [-0.3, -0.25) is 0 Å². The molecule has 0 saturated heterocycles. The van der Waals surface area contributed by atoms with E-state index in [2.05, 4.69) is 10.3 Å². The monoisotopic (exact) mass is 370 g/mol. The van der Waals surface area contributed by atoms with Crippen LogP contribution in [0.25, 0.3) is 22.5 Å². The topological polar surface area (TPSA) is 34.1 Å². The number of pyridine rings is 1. The third-order valence-electron chi connectivity index (χ3n) is 4.44. The zero-order chi connectivity index (χ0) is 19.3. The number of halogens is 1. The molecule has 3 aromatic carbocycles. The Labute approximate surface area is 163 Å². The summed E-state index contributed by atoms with van der Waals surface area (Å²) < 4.78 is 20.5. The number of nitrogens with zero attached hydrogens (tertiary/aromatic N) is 1. The first-order valence-corrected chi connectivity index (χ1v) is 8.97. The Morgan fingerprint density at radius 1 is 0.786 bits per heavy atom. The maximum absolute atomic E-state index is 15.3. The van der Waals surface area contributed by atoms with Crippen molar-refractivity contribution in [3.63, 3.8) is 0 Å². The molecule has 0 aliphatic carbocycles. The minimum atomic E-state index is -0.387. The number of anilines is 2. The predicted octanol–water partition coefficient (Wildman–Crippen LogP) is 6.31. The molecule has 1 N–H and O–H groups in total. The Morgan fingerprint density at radius 2 is 1.39 bits per heavy atom. The number of hydrogen-bond donors (Lipinski definition) is 1. The van der Waals surface area contributed by atoms with Crippen molar-refractivity contribution in [1.29, 1.82) is 0 Å². The van der Waals surface area contributed by atoms with E-state index in [4.69, 9.17) is 4.74 Å². The second kappa shape index (κ2) is 7.92. The van der Waals surface area contributed by atoms with Gasteiger partial charge < -0.3 is 10.1 Å². The first-order chi connectivity index (χ1) is 13.7. The van der Waals surface area contributed by atoms with Gasteiger partial charge in [-0.15, -0.1) is 0 Å². The summed E-state index contributed by atoms with van der Waals surface area (Å²) in [6.07, 6.45) is 0. The number of nitrogens with one attached hydrogen (secondary N) is 1. The lowest BCUT2D eigenvalue weighted by Crippen LogP contribution is -2.00. The Kier molecular flexibility index (Phi) is 5.02. The highest BCUT2D eigenvalue weighted by Gasteiger charge is 2.15. The lowest BCUT2D eigenvalue weighted by Gasteiger charge is -2.14. The molecule has 1 aromatic heterocycles. The van der Waals surface area contributed by atoms with Gasteiger partial charge in [-0.25, -0.2) is 9.37 Å². The number of benzene rings is 3. The molecule has 0 unspecified atom stereocenters. The third kappa shape index (κ3) is 3.71. The quantitative estimate of drug-likeness (QED) is 0.447. The van der Waals surface area contributed by atoms with E-state index in [1.54, 1.807) is 13.2 Å². The van der Waals surface area contributed by atoms with Crippen LogP contribution in [0.3, 0.4) is 0 Å². The van der Waals surface area contributed by atoms with Crippen molar-refractivity contribution in [1.82, 2.24) is 4.98 Å². The number of methoxy groups -OCH3 is 1. The SMILES string of the molecule is COc1ccc(Nc2cc(-c3ccccc3)nc(-c3ccccc3)c2F)cc1. The van der Waals surface area contributed by atoms with E-state index in [9.17, 15) is 0 Å². The van der Waals surface area contributed by atoms with Crippen LogP contribution in [-0.4, -0.2) is 12.1 Å². The van der Waals surface area contributed by atoms with E-state index < -0.39 is 0 Å². The molecular formula is C24H19FN2O. The predicted molar refractivity (Wildman–Crippen MR) is 111 cm³/mol. The Balaban J connectivity index is 1.82. The molecule has 0 atom stereocenters. The zero-order valence-electron chi connectivity index (χ0n) is 15.4. The molecule has 0 fully saturated rings. The minimum Gasteiger partial charge on any atom is -0.497 e. The van der Waals surface area contributed by atoms with Crippen LogP contribution >= 0.6 is 0 Å². The zero-order valence-corrected chi connectivity index (χ0v) is 15.4. The standard InChI is InChI=1S/C24H19FN2O/c1-28-20-14-12-19(13-15-20)26-22-16-21(17-8-4-2-5-9-17)27-24(23(22)25)18-10-6-3-7-11-18/h2-16H,1H3,(H,26,27). The van der Waals surface area contributed by atoms with E-state index in [0.29, 0.717) is 17.1 Å². The first-order valence-electron chi connectivity index (χ1n) is 8.97. The average molecular weight is 370 g/mol. The Hall–Kier alpha value is -3.66. The molecule has 3 nitrogen and oxygen atoms in total. The van der Waals surface area contributed by atoms with Crippen LogP contribution < -0.4 is 10.1 Å². The van der Waals surface area contributed by atoms with E-state index in [-0.39, 0.29) is 5.82 Å². The van der Waals surface area contributed by atoms with E-state index in [1.807, 2.05) is 84.9 Å². The van der Waals surface area contributed by atoms with Crippen LogP contribution in [-0.2, 0) is 0 Å². The summed E-state index contributed by atoms with van der Waals surface area (Å²) in [5.41, 5.74) is 3.82. The van der Waals surface area contributed by atoms with Gasteiger partial charge in [-0.1, -0.05) is 60.7 Å². The summed E-state index contributed by atoms with van der Waals surface area (Å²) in [5, 5.41) is 3.17. The lowest BCUT2D eigenvalue weighted by atomic mass is 10.1. The molecule has 0 bridgehead atoms. The van der Waals surface area contributed by atoms with Crippen LogP contribution in [0.2, 0.25) is 0 Å². The highest BCUT2D eigenvalue weighted by Crippen LogP contribution is 2.32. The Bertz CT molecular complexity index is 1070. The molecule has 4 rings (SSSR count). The smallest absolute Gasteiger partial charge is 0.172 e. The van der Waals surface area contributed by atoms with Gasteiger partial charge in [0, 0.05) is 16.8 Å². The van der Waals surface area contributed by atoms with Gasteiger partial charge in [-0.2, -0.15) is 0 Å². The second-order valence-electron chi connectivity index (χ2n) is 6.30. The van der Waals surface area contributed by atoms with E-state index in [0.717, 1.165) is 22.6 Å². The Morgan fingerprint density at radius 3 is 2.00 bits per heavy atom. The molecule has 4 heteroatoms. The summed E-state index contributed by atoms with van der Waals surface area (Å²) in [5.74, 6) is 0.359. The molecule has 0 saturated carbocycles. The number of aromatic nitrogens is 1. The van der Waals surface area contributed by atoms with Crippen molar-refractivity contribution >= 4 is 11.4 Å². The molecule has 138 valence electrons. The van der Waals surface area contributed by atoms with Crippen molar-refractivity contribution in [3.8, 4) is 28.3 Å². The van der Waals surface area contributed by atoms with Crippen LogP contribution in [0.15, 0.2) is 91.0 Å². The second-order valence-corrected chi connectivity index (χ2v) is 6.30. The third-order valence-corrected chi connectivity index (χ3v) is 4.44. The first kappa shape index (κ1) is 17.7. The molecule has 0 aliphatic rings. The van der Waals surface area contributed by atoms with Crippen LogP contribution in [0.1, 0.15) is 0 Å². The van der Waals surface area contributed by atoms with Gasteiger partial charge in [0.15, 0.2) is 5.82 Å². The molecule has 4 aromatic rings. The summed E-state index contributed by atoms with van der Waals surface area (Å²) in [4.78, 5) is 4.61.